The fourth-order valence-corrected chi connectivity index (χ4v) is 4.00. The molecule has 0 spiro atoms. The van der Waals surface area contributed by atoms with E-state index in [1.54, 1.807) is 6.20 Å². The second-order valence-corrected chi connectivity index (χ2v) is 7.43. The summed E-state index contributed by atoms with van der Waals surface area (Å²) in [5.74, 6) is 1.50. The second kappa shape index (κ2) is 7.43. The predicted octanol–water partition coefficient (Wildman–Crippen LogP) is 2.02. The van der Waals surface area contributed by atoms with Gasteiger partial charge in [-0.3, -0.25) is 9.69 Å². The maximum atomic E-state index is 12.6. The minimum Gasteiger partial charge on any atom is -0.349 e. The number of amides is 1. The van der Waals surface area contributed by atoms with Crippen LogP contribution in [0.25, 0.3) is 0 Å². The molecule has 2 aliphatic heterocycles. The lowest BCUT2D eigenvalue weighted by atomic mass is 10.0. The number of carbonyl (C=O) groups is 1. The molecule has 2 atom stereocenters. The van der Waals surface area contributed by atoms with E-state index in [1.165, 1.54) is 12.8 Å². The van der Waals surface area contributed by atoms with Crippen LogP contribution in [0.15, 0.2) is 12.3 Å². The van der Waals surface area contributed by atoms with Crippen molar-refractivity contribution in [3.8, 4) is 0 Å². The second-order valence-electron chi connectivity index (χ2n) is 7.43. The molecule has 7 nitrogen and oxygen atoms in total. The van der Waals surface area contributed by atoms with Crippen LogP contribution in [-0.2, 0) is 14.3 Å². The van der Waals surface area contributed by atoms with Crippen molar-refractivity contribution in [1.82, 2.24) is 14.7 Å². The maximum absolute atomic E-state index is 12.6. The third kappa shape index (κ3) is 3.88. The highest BCUT2D eigenvalue weighted by Crippen LogP contribution is 2.40. The van der Waals surface area contributed by atoms with Crippen molar-refractivity contribution in [1.29, 1.82) is 0 Å². The molecule has 1 saturated carbocycles. The molecule has 1 aliphatic carbocycles. The van der Waals surface area contributed by atoms with Gasteiger partial charge in [-0.25, -0.2) is 4.68 Å². The Morgan fingerprint density at radius 3 is 2.88 bits per heavy atom. The van der Waals surface area contributed by atoms with E-state index in [-0.39, 0.29) is 18.2 Å². The number of carbonyl (C=O) groups excluding carboxylic acids is 1. The molecule has 1 N–H and O–H groups in total. The lowest BCUT2D eigenvalue weighted by Crippen LogP contribution is -2.50. The lowest BCUT2D eigenvalue weighted by molar-refractivity contribution is -0.127. The number of rotatable bonds is 6. The van der Waals surface area contributed by atoms with Crippen LogP contribution in [0.1, 0.15) is 45.1 Å². The van der Waals surface area contributed by atoms with E-state index in [2.05, 4.69) is 22.2 Å². The Hall–Kier alpha value is -1.44. The van der Waals surface area contributed by atoms with Crippen molar-refractivity contribution in [2.45, 2.75) is 57.4 Å². The molecule has 138 valence electrons. The molecule has 0 unspecified atom stereocenters. The van der Waals surface area contributed by atoms with Crippen molar-refractivity contribution in [2.75, 3.05) is 31.6 Å². The zero-order valence-corrected chi connectivity index (χ0v) is 14.9. The largest absolute Gasteiger partial charge is 0.349 e. The molecular formula is C18H28N4O3. The summed E-state index contributed by atoms with van der Waals surface area (Å²) in [6.45, 7) is 4.77. The highest BCUT2D eigenvalue weighted by Gasteiger charge is 2.35. The Labute approximate surface area is 148 Å². The van der Waals surface area contributed by atoms with Gasteiger partial charge in [0, 0.05) is 6.07 Å². The molecule has 0 bridgehead atoms. The molecular weight excluding hydrogens is 320 g/mol. The highest BCUT2D eigenvalue weighted by atomic mass is 16.7. The number of nitrogens with one attached hydrogen (secondary N) is 1. The van der Waals surface area contributed by atoms with Crippen molar-refractivity contribution >= 4 is 11.7 Å². The van der Waals surface area contributed by atoms with Crippen LogP contribution in [0.3, 0.4) is 0 Å². The van der Waals surface area contributed by atoms with Crippen molar-refractivity contribution in [3.05, 3.63) is 12.3 Å². The average Bonchev–Trinajstić information content (AvgIpc) is 3.13. The molecule has 3 aliphatic rings. The van der Waals surface area contributed by atoms with Gasteiger partial charge in [-0.1, -0.05) is 6.42 Å². The van der Waals surface area contributed by atoms with Gasteiger partial charge in [0.05, 0.1) is 38.0 Å². The molecule has 0 radical (unpaired) electrons. The molecule has 3 heterocycles. The molecule has 7 heteroatoms. The summed E-state index contributed by atoms with van der Waals surface area (Å²) < 4.78 is 13.3. The zero-order chi connectivity index (χ0) is 17.2. The number of hydrogen-bond acceptors (Lipinski definition) is 5. The number of nitrogens with zero attached hydrogens (tertiary/aromatic N) is 3. The maximum Gasteiger partial charge on any atom is 0.239 e. The SMILES string of the molecule is C[C@H](C1CC1)n1nccc1NC(=O)CN1CCCC[C@H]1C1OCCO1. The van der Waals surface area contributed by atoms with Crippen LogP contribution in [0.2, 0.25) is 0 Å². The predicted molar refractivity (Wildman–Crippen MR) is 93.2 cm³/mol. The third-order valence-electron chi connectivity index (χ3n) is 5.60. The van der Waals surface area contributed by atoms with E-state index in [1.807, 2.05) is 10.7 Å². The Bertz CT molecular complexity index is 595. The molecule has 0 aromatic carbocycles. The van der Waals surface area contributed by atoms with E-state index >= 15 is 0 Å². The third-order valence-corrected chi connectivity index (χ3v) is 5.60. The van der Waals surface area contributed by atoms with Gasteiger partial charge < -0.3 is 14.8 Å². The number of hydrogen-bond donors (Lipinski definition) is 1. The fourth-order valence-electron chi connectivity index (χ4n) is 4.00. The minimum atomic E-state index is -0.187. The lowest BCUT2D eigenvalue weighted by Gasteiger charge is -2.37. The summed E-state index contributed by atoms with van der Waals surface area (Å²) in [6.07, 6.45) is 7.39. The van der Waals surface area contributed by atoms with E-state index in [4.69, 9.17) is 9.47 Å². The smallest absolute Gasteiger partial charge is 0.239 e. The van der Waals surface area contributed by atoms with Gasteiger partial charge in [0.2, 0.25) is 5.91 Å². The monoisotopic (exact) mass is 348 g/mol. The van der Waals surface area contributed by atoms with Gasteiger partial charge in [-0.05, 0) is 45.1 Å². The van der Waals surface area contributed by atoms with Gasteiger partial charge in [0.25, 0.3) is 0 Å². The first-order valence-electron chi connectivity index (χ1n) is 9.53. The van der Waals surface area contributed by atoms with Crippen molar-refractivity contribution in [3.63, 3.8) is 0 Å². The summed E-state index contributed by atoms with van der Waals surface area (Å²) in [6, 6.07) is 2.40. The number of anilines is 1. The Kier molecular flexibility index (Phi) is 5.05. The highest BCUT2D eigenvalue weighted by molar-refractivity contribution is 5.91. The van der Waals surface area contributed by atoms with Gasteiger partial charge in [0.1, 0.15) is 5.82 Å². The summed E-state index contributed by atoms with van der Waals surface area (Å²) in [7, 11) is 0. The first kappa shape index (κ1) is 17.0. The van der Waals surface area contributed by atoms with Gasteiger partial charge >= 0.3 is 0 Å². The standard InChI is InChI=1S/C18H28N4O3/c1-13(14-5-6-14)22-16(7-8-19-22)20-17(23)12-21-9-3-2-4-15(21)18-24-10-11-25-18/h7-8,13-15,18H,2-6,9-12H2,1H3,(H,20,23)/t13-,15+/m1/s1. The summed E-state index contributed by atoms with van der Waals surface area (Å²) in [4.78, 5) is 14.8. The summed E-state index contributed by atoms with van der Waals surface area (Å²) in [5, 5.41) is 7.45. The molecule has 25 heavy (non-hydrogen) atoms. The quantitative estimate of drug-likeness (QED) is 0.852. The molecule has 1 amide bonds. The van der Waals surface area contributed by atoms with Crippen molar-refractivity contribution in [2.24, 2.45) is 5.92 Å². The number of likely N-dealkylation sites (tertiary alicyclic amines) is 1. The van der Waals surface area contributed by atoms with Gasteiger partial charge in [-0.15, -0.1) is 0 Å². The van der Waals surface area contributed by atoms with Crippen LogP contribution in [0, 0.1) is 5.92 Å². The van der Waals surface area contributed by atoms with E-state index in [0.717, 1.165) is 31.6 Å². The van der Waals surface area contributed by atoms with Crippen LogP contribution in [0.5, 0.6) is 0 Å². The molecule has 1 aromatic rings. The summed E-state index contributed by atoms with van der Waals surface area (Å²) >= 11 is 0. The van der Waals surface area contributed by atoms with Crippen LogP contribution in [0.4, 0.5) is 5.82 Å². The van der Waals surface area contributed by atoms with E-state index in [9.17, 15) is 4.79 Å². The number of aromatic nitrogens is 2. The average molecular weight is 348 g/mol. The zero-order valence-electron chi connectivity index (χ0n) is 14.9. The van der Waals surface area contributed by atoms with Crippen molar-refractivity contribution < 1.29 is 14.3 Å². The Morgan fingerprint density at radius 1 is 1.32 bits per heavy atom. The van der Waals surface area contributed by atoms with E-state index in [0.29, 0.717) is 31.7 Å². The number of ether oxygens (including phenoxy) is 2. The number of piperidine rings is 1. The van der Waals surface area contributed by atoms with E-state index < -0.39 is 0 Å². The molecule has 1 aromatic heterocycles. The van der Waals surface area contributed by atoms with Gasteiger partial charge in [0.15, 0.2) is 6.29 Å². The Morgan fingerprint density at radius 2 is 2.12 bits per heavy atom. The first-order valence-corrected chi connectivity index (χ1v) is 9.53. The normalized spacial score (nSPS) is 26.7. The van der Waals surface area contributed by atoms with Crippen LogP contribution >= 0.6 is 0 Å². The molecule has 2 saturated heterocycles. The summed E-state index contributed by atoms with van der Waals surface area (Å²) in [5.41, 5.74) is 0. The minimum absolute atomic E-state index is 0.00893. The first-order chi connectivity index (χ1) is 12.2. The molecule has 4 rings (SSSR count). The van der Waals surface area contributed by atoms with Crippen LogP contribution < -0.4 is 5.32 Å². The van der Waals surface area contributed by atoms with Gasteiger partial charge in [-0.2, -0.15) is 5.10 Å². The fraction of sp³-hybridized carbons (Fsp3) is 0.778. The topological polar surface area (TPSA) is 68.6 Å². The van der Waals surface area contributed by atoms with Crippen LogP contribution in [-0.4, -0.2) is 59.2 Å². The Balaban J connectivity index is 1.37. The molecule has 3 fully saturated rings.